The average molecular weight is 190 g/mol. The van der Waals surface area contributed by atoms with Crippen molar-refractivity contribution < 1.29 is 4.79 Å². The van der Waals surface area contributed by atoms with Gasteiger partial charge < -0.3 is 0 Å². The van der Waals surface area contributed by atoms with Crippen LogP contribution >= 0.6 is 0 Å². The Kier molecular flexibility index (Phi) is 1.99. The fourth-order valence-corrected chi connectivity index (χ4v) is 1.12. The lowest BCUT2D eigenvalue weighted by atomic mass is 10.2. The highest BCUT2D eigenvalue weighted by atomic mass is 16.1. The predicted octanol–water partition coefficient (Wildman–Crippen LogP) is 1.06. The summed E-state index contributed by atoms with van der Waals surface area (Å²) < 4.78 is 1.53. The molecule has 72 valence electrons. The first-order chi connectivity index (χ1) is 6.70. The van der Waals surface area contributed by atoms with Crippen molar-refractivity contribution in [3.63, 3.8) is 0 Å². The molecule has 0 atom stereocenters. The highest BCUT2D eigenvalue weighted by Gasteiger charge is 2.08. The lowest BCUT2D eigenvalue weighted by Gasteiger charge is -1.92. The fourth-order valence-electron chi connectivity index (χ4n) is 1.12. The van der Waals surface area contributed by atoms with E-state index in [1.807, 2.05) is 13.8 Å². The van der Waals surface area contributed by atoms with Crippen LogP contribution in [0.25, 0.3) is 5.78 Å². The van der Waals surface area contributed by atoms with E-state index in [0.717, 1.165) is 12.1 Å². The summed E-state index contributed by atoms with van der Waals surface area (Å²) >= 11 is 0. The molecule has 0 unspecified atom stereocenters. The summed E-state index contributed by atoms with van der Waals surface area (Å²) in [7, 11) is 0. The Hall–Kier alpha value is -1.78. The van der Waals surface area contributed by atoms with Crippen molar-refractivity contribution in [1.82, 2.24) is 19.6 Å². The number of fused-ring (bicyclic) bond motifs is 1. The predicted molar refractivity (Wildman–Crippen MR) is 50.3 cm³/mol. The molecule has 0 fully saturated rings. The van der Waals surface area contributed by atoms with Crippen LogP contribution in [0.4, 0.5) is 0 Å². The maximum absolute atomic E-state index is 10.5. The van der Waals surface area contributed by atoms with E-state index < -0.39 is 0 Å². The van der Waals surface area contributed by atoms with Gasteiger partial charge in [0.1, 0.15) is 0 Å². The SMILES string of the molecule is CC(C)c1nc2ncc(C=O)cn2n1. The van der Waals surface area contributed by atoms with E-state index in [0.29, 0.717) is 11.3 Å². The first-order valence-corrected chi connectivity index (χ1v) is 4.38. The maximum Gasteiger partial charge on any atom is 0.252 e. The molecule has 2 rings (SSSR count). The van der Waals surface area contributed by atoms with Gasteiger partial charge in [0.25, 0.3) is 5.78 Å². The molecule has 0 aliphatic rings. The molecule has 0 saturated carbocycles. The number of hydrogen-bond donors (Lipinski definition) is 0. The summed E-state index contributed by atoms with van der Waals surface area (Å²) in [5, 5.41) is 4.20. The van der Waals surface area contributed by atoms with Crippen molar-refractivity contribution in [2.75, 3.05) is 0 Å². The number of nitrogens with zero attached hydrogens (tertiary/aromatic N) is 4. The minimum Gasteiger partial charge on any atom is -0.298 e. The van der Waals surface area contributed by atoms with Crippen LogP contribution in [0.3, 0.4) is 0 Å². The summed E-state index contributed by atoms with van der Waals surface area (Å²) in [6.07, 6.45) is 3.85. The topological polar surface area (TPSA) is 60.2 Å². The molecular weight excluding hydrogens is 180 g/mol. The lowest BCUT2D eigenvalue weighted by Crippen LogP contribution is -1.94. The van der Waals surface area contributed by atoms with E-state index >= 15 is 0 Å². The highest BCUT2D eigenvalue weighted by molar-refractivity contribution is 5.73. The van der Waals surface area contributed by atoms with Crippen LogP contribution in [0.5, 0.6) is 0 Å². The monoisotopic (exact) mass is 190 g/mol. The average Bonchev–Trinajstić information content (AvgIpc) is 2.59. The largest absolute Gasteiger partial charge is 0.298 e. The lowest BCUT2D eigenvalue weighted by molar-refractivity contribution is 0.112. The Morgan fingerprint density at radius 1 is 1.50 bits per heavy atom. The van der Waals surface area contributed by atoms with E-state index in [4.69, 9.17) is 0 Å². The number of aromatic nitrogens is 4. The standard InChI is InChI=1S/C9H10N4O/c1-6(2)8-11-9-10-3-7(5-14)4-13(9)12-8/h3-6H,1-2H3. The summed E-state index contributed by atoms with van der Waals surface area (Å²) in [5.41, 5.74) is 0.498. The second kappa shape index (κ2) is 3.17. The van der Waals surface area contributed by atoms with Gasteiger partial charge in [-0.25, -0.2) is 9.50 Å². The molecule has 0 N–H and O–H groups in total. The van der Waals surface area contributed by atoms with Crippen LogP contribution in [0, 0.1) is 0 Å². The Bertz CT molecular complexity index is 475. The fraction of sp³-hybridized carbons (Fsp3) is 0.333. The first-order valence-electron chi connectivity index (χ1n) is 4.38. The number of carbonyl (C=O) groups is 1. The van der Waals surface area contributed by atoms with Gasteiger partial charge in [0.2, 0.25) is 0 Å². The second-order valence-corrected chi connectivity index (χ2v) is 3.37. The minimum atomic E-state index is 0.261. The Morgan fingerprint density at radius 3 is 2.93 bits per heavy atom. The summed E-state index contributed by atoms with van der Waals surface area (Å²) in [6.45, 7) is 4.02. The van der Waals surface area contributed by atoms with Crippen LogP contribution in [0.15, 0.2) is 12.4 Å². The Morgan fingerprint density at radius 2 is 2.29 bits per heavy atom. The molecule has 0 radical (unpaired) electrons. The molecule has 0 aliphatic heterocycles. The van der Waals surface area contributed by atoms with Crippen molar-refractivity contribution in [3.05, 3.63) is 23.8 Å². The van der Waals surface area contributed by atoms with Gasteiger partial charge in [0.15, 0.2) is 12.1 Å². The third-order valence-electron chi connectivity index (χ3n) is 1.88. The molecule has 0 aromatic carbocycles. The van der Waals surface area contributed by atoms with Gasteiger partial charge in [-0.1, -0.05) is 13.8 Å². The molecular formula is C9H10N4O. The van der Waals surface area contributed by atoms with Gasteiger partial charge in [-0.05, 0) is 0 Å². The van der Waals surface area contributed by atoms with Crippen molar-refractivity contribution in [1.29, 1.82) is 0 Å². The maximum atomic E-state index is 10.5. The van der Waals surface area contributed by atoms with Gasteiger partial charge in [0.05, 0.1) is 5.56 Å². The third-order valence-corrected chi connectivity index (χ3v) is 1.88. The van der Waals surface area contributed by atoms with Gasteiger partial charge in [0, 0.05) is 18.3 Å². The van der Waals surface area contributed by atoms with Gasteiger partial charge in [-0.3, -0.25) is 4.79 Å². The molecule has 0 amide bonds. The number of hydrogen-bond acceptors (Lipinski definition) is 4. The number of aldehydes is 1. The van der Waals surface area contributed by atoms with Crippen LogP contribution in [-0.4, -0.2) is 25.9 Å². The highest BCUT2D eigenvalue weighted by Crippen LogP contribution is 2.09. The van der Waals surface area contributed by atoms with Gasteiger partial charge in [-0.2, -0.15) is 4.98 Å². The normalized spacial score (nSPS) is 11.1. The molecule has 5 nitrogen and oxygen atoms in total. The van der Waals surface area contributed by atoms with Crippen LogP contribution in [0.2, 0.25) is 0 Å². The number of rotatable bonds is 2. The molecule has 14 heavy (non-hydrogen) atoms. The quantitative estimate of drug-likeness (QED) is 0.664. The third kappa shape index (κ3) is 1.37. The Balaban J connectivity index is 2.59. The molecule has 2 heterocycles. The van der Waals surface area contributed by atoms with E-state index in [1.165, 1.54) is 10.7 Å². The summed E-state index contributed by atoms with van der Waals surface area (Å²) in [5.74, 6) is 1.52. The van der Waals surface area contributed by atoms with Gasteiger partial charge in [-0.15, -0.1) is 5.10 Å². The molecule has 2 aromatic rings. The zero-order valence-electron chi connectivity index (χ0n) is 8.01. The van der Waals surface area contributed by atoms with Crippen LogP contribution in [-0.2, 0) is 0 Å². The summed E-state index contributed by atoms with van der Waals surface area (Å²) in [4.78, 5) is 18.7. The smallest absolute Gasteiger partial charge is 0.252 e. The molecule has 0 saturated heterocycles. The van der Waals surface area contributed by atoms with Crippen molar-refractivity contribution in [3.8, 4) is 0 Å². The molecule has 2 aromatic heterocycles. The molecule has 0 bridgehead atoms. The van der Waals surface area contributed by atoms with Crippen molar-refractivity contribution >= 4 is 12.1 Å². The first kappa shape index (κ1) is 8.80. The van der Waals surface area contributed by atoms with Gasteiger partial charge >= 0.3 is 0 Å². The van der Waals surface area contributed by atoms with Crippen molar-refractivity contribution in [2.24, 2.45) is 0 Å². The second-order valence-electron chi connectivity index (χ2n) is 3.37. The van der Waals surface area contributed by atoms with E-state index in [9.17, 15) is 4.79 Å². The number of carbonyl (C=O) groups excluding carboxylic acids is 1. The minimum absolute atomic E-state index is 0.261. The van der Waals surface area contributed by atoms with Crippen LogP contribution < -0.4 is 0 Å². The molecule has 5 heteroatoms. The van der Waals surface area contributed by atoms with E-state index in [1.54, 1.807) is 6.20 Å². The van der Waals surface area contributed by atoms with E-state index in [-0.39, 0.29) is 5.92 Å². The zero-order valence-corrected chi connectivity index (χ0v) is 8.01. The van der Waals surface area contributed by atoms with Crippen molar-refractivity contribution in [2.45, 2.75) is 19.8 Å². The molecule has 0 aliphatic carbocycles. The van der Waals surface area contributed by atoms with Crippen LogP contribution in [0.1, 0.15) is 35.9 Å². The zero-order chi connectivity index (χ0) is 10.1. The van der Waals surface area contributed by atoms with E-state index in [2.05, 4.69) is 15.1 Å². The Labute approximate surface area is 80.8 Å². The molecule has 0 spiro atoms. The summed E-state index contributed by atoms with van der Waals surface area (Å²) in [6, 6.07) is 0.